The van der Waals surface area contributed by atoms with Gasteiger partial charge in [-0.3, -0.25) is 4.79 Å². The zero-order chi connectivity index (χ0) is 13.3. The van der Waals surface area contributed by atoms with E-state index in [0.717, 1.165) is 16.8 Å². The van der Waals surface area contributed by atoms with Crippen molar-refractivity contribution in [3.05, 3.63) is 29.3 Å². The van der Waals surface area contributed by atoms with Gasteiger partial charge in [-0.05, 0) is 23.1 Å². The van der Waals surface area contributed by atoms with Gasteiger partial charge in [0.2, 0.25) is 5.91 Å². The van der Waals surface area contributed by atoms with Gasteiger partial charge in [-0.15, -0.1) is 0 Å². The van der Waals surface area contributed by atoms with Gasteiger partial charge in [0.05, 0.1) is 6.42 Å². The maximum Gasteiger partial charge on any atom is 0.228 e. The summed E-state index contributed by atoms with van der Waals surface area (Å²) in [6.45, 7) is 4.19. The van der Waals surface area contributed by atoms with Crippen LogP contribution < -0.4 is 11.1 Å². The molecule has 0 saturated carbocycles. The first-order valence-electron chi connectivity index (χ1n) is 6.32. The van der Waals surface area contributed by atoms with Crippen LogP contribution in [0.2, 0.25) is 0 Å². The number of amides is 1. The number of anilines is 1. The normalized spacial score (nSPS) is 17.5. The van der Waals surface area contributed by atoms with Crippen LogP contribution in [-0.4, -0.2) is 17.6 Å². The Morgan fingerprint density at radius 1 is 1.44 bits per heavy atom. The molecule has 0 spiro atoms. The molecule has 0 fully saturated rings. The minimum Gasteiger partial charge on any atom is -0.396 e. The van der Waals surface area contributed by atoms with Crippen LogP contribution in [0.1, 0.15) is 31.0 Å². The van der Waals surface area contributed by atoms with E-state index in [2.05, 4.69) is 19.2 Å². The molecule has 1 aliphatic rings. The minimum atomic E-state index is -0.198. The van der Waals surface area contributed by atoms with Crippen LogP contribution in [0.3, 0.4) is 0 Å². The first-order valence-corrected chi connectivity index (χ1v) is 6.32. The molecule has 2 unspecified atom stereocenters. The molecule has 4 heteroatoms. The summed E-state index contributed by atoms with van der Waals surface area (Å²) in [5, 5.41) is 12.2. The van der Waals surface area contributed by atoms with Crippen molar-refractivity contribution < 1.29 is 9.90 Å². The second kappa shape index (κ2) is 5.08. The summed E-state index contributed by atoms with van der Waals surface area (Å²) < 4.78 is 0. The number of hydrogen-bond acceptors (Lipinski definition) is 3. The largest absolute Gasteiger partial charge is 0.396 e. The molecule has 0 saturated heterocycles. The van der Waals surface area contributed by atoms with Crippen LogP contribution in [0.25, 0.3) is 0 Å². The molecule has 1 aliphatic heterocycles. The van der Waals surface area contributed by atoms with Crippen molar-refractivity contribution in [2.45, 2.75) is 26.3 Å². The summed E-state index contributed by atoms with van der Waals surface area (Å²) in [5.41, 5.74) is 9.07. The number of carbonyl (C=O) groups is 1. The second-order valence-corrected chi connectivity index (χ2v) is 5.26. The molecule has 2 atom stereocenters. The number of benzene rings is 1. The first-order chi connectivity index (χ1) is 8.52. The summed E-state index contributed by atoms with van der Waals surface area (Å²) >= 11 is 0. The Bertz CT molecular complexity index is 457. The quantitative estimate of drug-likeness (QED) is 0.755. The zero-order valence-corrected chi connectivity index (χ0v) is 10.8. The number of nitrogens with two attached hydrogens (primary N) is 1. The summed E-state index contributed by atoms with van der Waals surface area (Å²) in [6, 6.07) is 5.60. The molecule has 98 valence electrons. The number of aliphatic hydroxyl groups excluding tert-OH is 1. The third-order valence-electron chi connectivity index (χ3n) is 3.67. The van der Waals surface area contributed by atoms with Gasteiger partial charge in [0.15, 0.2) is 0 Å². The van der Waals surface area contributed by atoms with Crippen molar-refractivity contribution in [3.63, 3.8) is 0 Å². The molecule has 4 nitrogen and oxygen atoms in total. The smallest absolute Gasteiger partial charge is 0.228 e. The zero-order valence-electron chi connectivity index (χ0n) is 10.8. The number of aliphatic hydroxyl groups is 1. The third kappa shape index (κ3) is 2.40. The van der Waals surface area contributed by atoms with E-state index in [1.807, 2.05) is 18.2 Å². The van der Waals surface area contributed by atoms with Crippen LogP contribution in [0.15, 0.2) is 18.2 Å². The number of nitrogens with one attached hydrogen (secondary N) is 1. The molecule has 1 heterocycles. The molecule has 0 aliphatic carbocycles. The number of carbonyl (C=O) groups excluding carboxylic acids is 1. The Balaban J connectivity index is 2.24. The van der Waals surface area contributed by atoms with Gasteiger partial charge in [-0.25, -0.2) is 0 Å². The van der Waals surface area contributed by atoms with Crippen molar-refractivity contribution in [2.24, 2.45) is 17.6 Å². The molecule has 0 radical (unpaired) electrons. The van der Waals surface area contributed by atoms with Gasteiger partial charge in [-0.2, -0.15) is 0 Å². The molecule has 0 bridgehead atoms. The van der Waals surface area contributed by atoms with E-state index in [0.29, 0.717) is 12.3 Å². The molecule has 1 amide bonds. The lowest BCUT2D eigenvalue weighted by Gasteiger charge is -2.26. The first kappa shape index (κ1) is 13.1. The summed E-state index contributed by atoms with van der Waals surface area (Å²) in [7, 11) is 0. The highest BCUT2D eigenvalue weighted by Crippen LogP contribution is 2.30. The van der Waals surface area contributed by atoms with Gasteiger partial charge >= 0.3 is 0 Å². The maximum atomic E-state index is 11.3. The highest BCUT2D eigenvalue weighted by molar-refractivity contribution is 5.99. The average Bonchev–Trinajstić information content (AvgIpc) is 2.68. The van der Waals surface area contributed by atoms with Crippen LogP contribution >= 0.6 is 0 Å². The topological polar surface area (TPSA) is 75.3 Å². The van der Waals surface area contributed by atoms with Crippen molar-refractivity contribution in [2.75, 3.05) is 11.9 Å². The third-order valence-corrected chi connectivity index (χ3v) is 3.67. The van der Waals surface area contributed by atoms with Crippen molar-refractivity contribution in [3.8, 4) is 0 Å². The number of fused-ring (bicyclic) bond motifs is 1. The highest BCUT2D eigenvalue weighted by Gasteiger charge is 2.24. The lowest BCUT2D eigenvalue weighted by Crippen LogP contribution is -2.28. The van der Waals surface area contributed by atoms with E-state index in [4.69, 9.17) is 5.73 Å². The molecule has 2 rings (SSSR count). The van der Waals surface area contributed by atoms with Crippen molar-refractivity contribution >= 4 is 11.6 Å². The predicted octanol–water partition coefficient (Wildman–Crippen LogP) is 1.45. The molecule has 1 aromatic carbocycles. The predicted molar refractivity (Wildman–Crippen MR) is 71.1 cm³/mol. The number of hydrogen-bond donors (Lipinski definition) is 3. The van der Waals surface area contributed by atoms with E-state index < -0.39 is 0 Å². The fourth-order valence-corrected chi connectivity index (χ4v) is 2.44. The molecular weight excluding hydrogens is 228 g/mol. The van der Waals surface area contributed by atoms with E-state index >= 15 is 0 Å². The Hall–Kier alpha value is -1.39. The Morgan fingerprint density at radius 2 is 2.17 bits per heavy atom. The van der Waals surface area contributed by atoms with E-state index in [1.54, 1.807) is 0 Å². The Labute approximate surface area is 107 Å². The monoisotopic (exact) mass is 248 g/mol. The summed E-state index contributed by atoms with van der Waals surface area (Å²) in [4.78, 5) is 11.3. The minimum absolute atomic E-state index is 0.0262. The molecule has 0 aromatic heterocycles. The van der Waals surface area contributed by atoms with Gasteiger partial charge in [-0.1, -0.05) is 26.0 Å². The average molecular weight is 248 g/mol. The van der Waals surface area contributed by atoms with Crippen LogP contribution in [0.5, 0.6) is 0 Å². The highest BCUT2D eigenvalue weighted by atomic mass is 16.3. The molecule has 4 N–H and O–H groups in total. The van der Waals surface area contributed by atoms with E-state index in [1.165, 1.54) is 0 Å². The second-order valence-electron chi connectivity index (χ2n) is 5.26. The fraction of sp³-hybridized carbons (Fsp3) is 0.500. The number of rotatable bonds is 4. The van der Waals surface area contributed by atoms with Gasteiger partial charge in [0.25, 0.3) is 0 Å². The molecule has 18 heavy (non-hydrogen) atoms. The van der Waals surface area contributed by atoms with Gasteiger partial charge in [0.1, 0.15) is 0 Å². The van der Waals surface area contributed by atoms with E-state index in [9.17, 15) is 9.90 Å². The fourth-order valence-electron chi connectivity index (χ4n) is 2.44. The van der Waals surface area contributed by atoms with Crippen LogP contribution in [-0.2, 0) is 11.2 Å². The standard InChI is InChI=1S/C14H20N2O2/c1-8(2)11(7-17)14(15)9-3-4-12-10(5-9)6-13(18)16-12/h3-5,8,11,14,17H,6-7,15H2,1-2H3,(H,16,18). The van der Waals surface area contributed by atoms with Crippen LogP contribution in [0.4, 0.5) is 5.69 Å². The van der Waals surface area contributed by atoms with E-state index in [-0.39, 0.29) is 24.5 Å². The van der Waals surface area contributed by atoms with Crippen LogP contribution in [0, 0.1) is 11.8 Å². The Kier molecular flexibility index (Phi) is 3.68. The summed E-state index contributed by atoms with van der Waals surface area (Å²) in [5.74, 6) is 0.379. The summed E-state index contributed by atoms with van der Waals surface area (Å²) in [6.07, 6.45) is 0.418. The van der Waals surface area contributed by atoms with Crippen molar-refractivity contribution in [1.82, 2.24) is 0 Å². The van der Waals surface area contributed by atoms with Crippen molar-refractivity contribution in [1.29, 1.82) is 0 Å². The van der Waals surface area contributed by atoms with Gasteiger partial charge in [0, 0.05) is 24.3 Å². The Morgan fingerprint density at radius 3 is 2.78 bits per heavy atom. The lowest BCUT2D eigenvalue weighted by molar-refractivity contribution is -0.115. The van der Waals surface area contributed by atoms with Gasteiger partial charge < -0.3 is 16.2 Å². The SMILES string of the molecule is CC(C)C(CO)C(N)c1ccc2c(c1)CC(=O)N2. The molecule has 1 aromatic rings. The maximum absolute atomic E-state index is 11.3. The lowest BCUT2D eigenvalue weighted by atomic mass is 9.85. The molecular formula is C14H20N2O2.